The van der Waals surface area contributed by atoms with Crippen LogP contribution < -0.4 is 10.6 Å². The van der Waals surface area contributed by atoms with Crippen molar-refractivity contribution in [3.05, 3.63) is 68.2 Å². The summed E-state index contributed by atoms with van der Waals surface area (Å²) in [6, 6.07) is 7.64. The fourth-order valence-corrected chi connectivity index (χ4v) is 3.83. The first kappa shape index (κ1) is 22.3. The first-order valence-electron chi connectivity index (χ1n) is 8.78. The van der Waals surface area contributed by atoms with Gasteiger partial charge in [-0.25, -0.2) is 0 Å². The van der Waals surface area contributed by atoms with E-state index in [1.807, 2.05) is 48.6 Å². The number of aliphatic hydroxyl groups excluding tert-OH is 1. The molecule has 28 heavy (non-hydrogen) atoms. The zero-order valence-corrected chi connectivity index (χ0v) is 17.6. The number of nitrogens with zero attached hydrogens (tertiary/aromatic N) is 2. The van der Waals surface area contributed by atoms with Crippen molar-refractivity contribution >= 4 is 23.1 Å². The van der Waals surface area contributed by atoms with Gasteiger partial charge in [-0.1, -0.05) is 6.07 Å². The second-order valence-electron chi connectivity index (χ2n) is 6.33. The Labute approximate surface area is 172 Å². The lowest BCUT2D eigenvalue weighted by Crippen LogP contribution is -2.31. The van der Waals surface area contributed by atoms with Crippen molar-refractivity contribution in [2.45, 2.75) is 18.4 Å². The van der Waals surface area contributed by atoms with Crippen molar-refractivity contribution in [2.75, 3.05) is 32.9 Å². The molecule has 10 heteroatoms. The summed E-state index contributed by atoms with van der Waals surface area (Å²) >= 11 is 3.12. The molecule has 0 amide bonds. The van der Waals surface area contributed by atoms with E-state index in [0.29, 0.717) is 6.54 Å². The van der Waals surface area contributed by atoms with Gasteiger partial charge in [0.05, 0.1) is 17.2 Å². The van der Waals surface area contributed by atoms with Crippen LogP contribution >= 0.6 is 23.1 Å². The smallest absolute Gasteiger partial charge is 0.274 e. The molecule has 2 aromatic heterocycles. The van der Waals surface area contributed by atoms with Crippen LogP contribution in [0.1, 0.15) is 22.5 Å². The van der Waals surface area contributed by atoms with Gasteiger partial charge in [-0.15, -0.1) is 11.3 Å². The minimum absolute atomic E-state index is 0.196. The molecule has 0 aliphatic carbocycles. The zero-order valence-electron chi connectivity index (χ0n) is 16.0. The van der Waals surface area contributed by atoms with E-state index < -0.39 is 11.0 Å². The standard InChI is InChI=1S/C18H26N4O4S2/c1-21(2)11-14-5-6-15(26-14)13-27-9-7-19-18(12-22(24)25)20-10-16(23)17-4-3-8-28-17/h3-6,8,12,16,19-20,23H,7,9-11,13H2,1-2H3. The number of hydrogen-bond acceptors (Lipinski definition) is 9. The third-order valence-electron chi connectivity index (χ3n) is 3.59. The molecule has 0 radical (unpaired) electrons. The lowest BCUT2D eigenvalue weighted by atomic mass is 10.3. The Morgan fingerprint density at radius 1 is 1.39 bits per heavy atom. The molecule has 1 unspecified atom stereocenters. The number of nitro groups is 1. The van der Waals surface area contributed by atoms with Crippen LogP contribution in [0.4, 0.5) is 0 Å². The Morgan fingerprint density at radius 3 is 2.86 bits per heavy atom. The number of thioether (sulfide) groups is 1. The van der Waals surface area contributed by atoms with Crippen molar-refractivity contribution < 1.29 is 14.4 Å². The van der Waals surface area contributed by atoms with Crippen LogP contribution in [0.25, 0.3) is 0 Å². The van der Waals surface area contributed by atoms with Crippen LogP contribution in [0.2, 0.25) is 0 Å². The average molecular weight is 427 g/mol. The number of aliphatic hydroxyl groups is 1. The highest BCUT2D eigenvalue weighted by Crippen LogP contribution is 2.18. The maximum absolute atomic E-state index is 10.8. The fourth-order valence-electron chi connectivity index (χ4n) is 2.37. The molecule has 2 heterocycles. The van der Waals surface area contributed by atoms with Gasteiger partial charge < -0.3 is 25.1 Å². The van der Waals surface area contributed by atoms with E-state index in [1.165, 1.54) is 11.3 Å². The van der Waals surface area contributed by atoms with Crippen LogP contribution in [0, 0.1) is 10.1 Å². The van der Waals surface area contributed by atoms with Gasteiger partial charge in [-0.2, -0.15) is 11.8 Å². The zero-order chi connectivity index (χ0) is 20.4. The highest BCUT2D eigenvalue weighted by Gasteiger charge is 2.10. The lowest BCUT2D eigenvalue weighted by molar-refractivity contribution is -0.404. The maximum Gasteiger partial charge on any atom is 0.274 e. The predicted molar refractivity (Wildman–Crippen MR) is 113 cm³/mol. The Morgan fingerprint density at radius 2 is 2.18 bits per heavy atom. The van der Waals surface area contributed by atoms with Crippen molar-refractivity contribution in [3.8, 4) is 0 Å². The van der Waals surface area contributed by atoms with Crippen LogP contribution in [0.5, 0.6) is 0 Å². The van der Waals surface area contributed by atoms with Gasteiger partial charge in [0, 0.05) is 23.7 Å². The Bertz CT molecular complexity index is 747. The van der Waals surface area contributed by atoms with Crippen molar-refractivity contribution in [2.24, 2.45) is 0 Å². The van der Waals surface area contributed by atoms with E-state index in [0.717, 1.165) is 40.6 Å². The van der Waals surface area contributed by atoms with Gasteiger partial charge in [0.2, 0.25) is 0 Å². The highest BCUT2D eigenvalue weighted by molar-refractivity contribution is 7.98. The number of rotatable bonds is 13. The molecule has 0 fully saturated rings. The van der Waals surface area contributed by atoms with Crippen molar-refractivity contribution in [3.63, 3.8) is 0 Å². The topological polar surface area (TPSA) is 104 Å². The Kier molecular flexibility index (Phi) is 9.35. The Hall–Kier alpha value is -2.01. The summed E-state index contributed by atoms with van der Waals surface area (Å²) in [6.45, 7) is 1.52. The number of thiophene rings is 1. The molecule has 0 spiro atoms. The minimum atomic E-state index is -0.707. The predicted octanol–water partition coefficient (Wildman–Crippen LogP) is 2.62. The molecule has 0 saturated carbocycles. The summed E-state index contributed by atoms with van der Waals surface area (Å²) in [4.78, 5) is 13.1. The van der Waals surface area contributed by atoms with Crippen molar-refractivity contribution in [1.82, 2.24) is 15.5 Å². The fraction of sp³-hybridized carbons (Fsp3) is 0.444. The molecule has 2 aromatic rings. The van der Waals surface area contributed by atoms with E-state index in [-0.39, 0.29) is 12.4 Å². The van der Waals surface area contributed by atoms with E-state index in [4.69, 9.17) is 4.42 Å². The number of hydrogen-bond donors (Lipinski definition) is 3. The number of nitrogens with one attached hydrogen (secondary N) is 2. The second-order valence-corrected chi connectivity index (χ2v) is 8.41. The normalized spacial score (nSPS) is 12.9. The molecule has 0 aliphatic rings. The molecule has 0 bridgehead atoms. The van der Waals surface area contributed by atoms with Gasteiger partial charge in [0.1, 0.15) is 17.6 Å². The molecule has 154 valence electrons. The van der Waals surface area contributed by atoms with Crippen LogP contribution in [-0.2, 0) is 12.3 Å². The summed E-state index contributed by atoms with van der Waals surface area (Å²) in [6.07, 6.45) is 0.174. The molecule has 0 aromatic carbocycles. The highest BCUT2D eigenvalue weighted by atomic mass is 32.2. The molecule has 1 atom stereocenters. The molecule has 8 nitrogen and oxygen atoms in total. The Balaban J connectivity index is 1.70. The van der Waals surface area contributed by atoms with Gasteiger partial charge in [-0.05, 0) is 37.7 Å². The van der Waals surface area contributed by atoms with E-state index >= 15 is 0 Å². The summed E-state index contributed by atoms with van der Waals surface area (Å²) < 4.78 is 5.75. The maximum atomic E-state index is 10.8. The lowest BCUT2D eigenvalue weighted by Gasteiger charge is -2.14. The summed E-state index contributed by atoms with van der Waals surface area (Å²) in [7, 11) is 3.98. The van der Waals surface area contributed by atoms with Gasteiger partial charge >= 0.3 is 0 Å². The van der Waals surface area contributed by atoms with Gasteiger partial charge in [-0.3, -0.25) is 10.1 Å². The van der Waals surface area contributed by atoms with Gasteiger partial charge in [0.15, 0.2) is 5.82 Å². The van der Waals surface area contributed by atoms with Crippen LogP contribution in [0.15, 0.2) is 46.1 Å². The summed E-state index contributed by atoms with van der Waals surface area (Å²) in [5.74, 6) is 3.64. The first-order valence-corrected chi connectivity index (χ1v) is 10.8. The third kappa shape index (κ3) is 8.34. The molecular weight excluding hydrogens is 400 g/mol. The monoisotopic (exact) mass is 426 g/mol. The third-order valence-corrected chi connectivity index (χ3v) is 5.54. The molecular formula is C18H26N4O4S2. The van der Waals surface area contributed by atoms with Gasteiger partial charge in [0.25, 0.3) is 6.20 Å². The van der Waals surface area contributed by atoms with E-state index in [9.17, 15) is 15.2 Å². The quantitative estimate of drug-likeness (QED) is 0.255. The minimum Gasteiger partial charge on any atom is -0.464 e. The molecule has 3 N–H and O–H groups in total. The molecule has 0 aliphatic heterocycles. The first-order chi connectivity index (χ1) is 13.4. The van der Waals surface area contributed by atoms with E-state index in [2.05, 4.69) is 10.6 Å². The summed E-state index contributed by atoms with van der Waals surface area (Å²) in [5.41, 5.74) is 0. The molecule has 2 rings (SSSR count). The second kappa shape index (κ2) is 11.7. The SMILES string of the molecule is CN(C)Cc1ccc(CSCCNC(=C[N+](=O)[O-])NCC(O)c2cccs2)o1. The van der Waals surface area contributed by atoms with E-state index in [1.54, 1.807) is 11.8 Å². The van der Waals surface area contributed by atoms with Crippen LogP contribution in [-0.4, -0.2) is 47.9 Å². The molecule has 0 saturated heterocycles. The van der Waals surface area contributed by atoms with Crippen molar-refractivity contribution in [1.29, 1.82) is 0 Å². The summed E-state index contributed by atoms with van der Waals surface area (Å²) in [5, 5.41) is 28.7. The number of furan rings is 1. The largest absolute Gasteiger partial charge is 0.464 e. The van der Waals surface area contributed by atoms with Crippen LogP contribution in [0.3, 0.4) is 0 Å². The average Bonchev–Trinajstić information content (AvgIpc) is 3.30.